The van der Waals surface area contributed by atoms with Crippen LogP contribution >= 0.6 is 7.37 Å². The molecule has 136 heavy (non-hydrogen) atoms. The Kier molecular flexibility index (Phi) is 52.2. The number of terminal acetylenes is 2. The largest absolute Gasteiger partial charge is 0.478 e. The standard InChI is InChI=1S/2C18H21FN4O3.2C13H13FN4O.C8H10N2O2.C7H8N2O2.C5H11O4P.C4H4N2O.C3H4.C2H2.CH4/c1-18(2,3)26-17(25)22-14-7-6-13(19)9-15(14)21-16(24)8-5-12-10-20-23(4)11-12;1-18(2,3)26-17(25)22-15-9-13(19)6-7-14(15)21-16(24)8-5-12-10-20-23(4)11-12;1-18-8-9(7-16-18)2-5-13(19)17-12-4-3-10(14)6-11(12)15;1-18-8-9(7-16-18)2-5-13(19)17-12-6-10(14)3-4-11(12)15;1-10-6-7(5-9-10)3-4-8(11)12-2;1-9-5-6(4-8-9)2-3-7(10)11;1-8-5(6)4-10(3,7)9-2;7-3-4-1-5-6-2-4;1-3-2;1-2;/h2*5-11H,1-4H3,(H,21,24)(H,22,25);2*2-8H,15H2,1H3,(H,17,19);3-6H,1-2H3;2-5H,1H3,(H,10,11);4H2,1-3H3;1-3H,(H,5,6);1H,2H3;1-2H;1H4/b2*8-5+;2*5-2+;4-3+;3-2+;;;;;. The van der Waals surface area contributed by atoms with E-state index in [2.05, 4.69) is 112 Å². The first-order valence-corrected chi connectivity index (χ1v) is 41.4. The van der Waals surface area contributed by atoms with Gasteiger partial charge in [-0.05, 0) is 158 Å². The average molecular weight is 1900 g/mol. The van der Waals surface area contributed by atoms with E-state index in [0.717, 1.165) is 63.9 Å². The van der Waals surface area contributed by atoms with Gasteiger partial charge in [0.15, 0.2) is 6.29 Å². The van der Waals surface area contributed by atoms with Crippen LogP contribution in [-0.4, -0.2) is 179 Å². The molecule has 39 nitrogen and oxygen atoms in total. The summed E-state index contributed by atoms with van der Waals surface area (Å²) in [5.74, 6) is -3.23. The van der Waals surface area contributed by atoms with E-state index in [0.29, 0.717) is 16.9 Å². The van der Waals surface area contributed by atoms with Gasteiger partial charge in [0.05, 0.1) is 109 Å². The highest BCUT2D eigenvalue weighted by molar-refractivity contribution is 7.59. The number of nitrogens with zero attached hydrogens (tertiary/aromatic N) is 13. The first-order valence-electron chi connectivity index (χ1n) is 39.2. The topological polar surface area (TPSA) is 514 Å². The van der Waals surface area contributed by atoms with Crippen molar-refractivity contribution in [2.75, 3.05) is 77.5 Å². The maximum Gasteiger partial charge on any atom is 0.412 e. The smallest absolute Gasteiger partial charge is 0.412 e. The summed E-state index contributed by atoms with van der Waals surface area (Å²) in [5.41, 5.74) is 17.0. The Labute approximate surface area is 783 Å². The average Bonchev–Trinajstić information content (AvgIpc) is 1.03. The van der Waals surface area contributed by atoms with Crippen molar-refractivity contribution in [3.05, 3.63) is 258 Å². The summed E-state index contributed by atoms with van der Waals surface area (Å²) in [6.45, 7) is 13.4. The molecule has 44 heteroatoms. The predicted molar refractivity (Wildman–Crippen MR) is 514 cm³/mol. The van der Waals surface area contributed by atoms with Crippen molar-refractivity contribution in [1.82, 2.24) is 68.9 Å². The minimum Gasteiger partial charge on any atom is -0.478 e. The number of rotatable bonds is 22. The number of amides is 6. The Morgan fingerprint density at radius 3 is 1.06 bits per heavy atom. The number of H-pyrrole nitrogens is 1. The van der Waals surface area contributed by atoms with Crippen LogP contribution in [0.25, 0.3) is 36.5 Å². The summed E-state index contributed by atoms with van der Waals surface area (Å²) in [4.78, 5) is 112. The number of carbonyl (C=O) groups excluding carboxylic acids is 9. The van der Waals surface area contributed by atoms with Crippen molar-refractivity contribution in [1.29, 1.82) is 0 Å². The molecule has 7 heterocycles. The zero-order valence-electron chi connectivity index (χ0n) is 76.9. The molecule has 4 aromatic carbocycles. The molecule has 0 saturated heterocycles. The van der Waals surface area contributed by atoms with Gasteiger partial charge >= 0.3 is 30.1 Å². The Bertz CT molecular complexity index is 6020. The number of aldehydes is 1. The van der Waals surface area contributed by atoms with E-state index in [4.69, 9.17) is 26.0 Å². The molecule has 11 aromatic rings. The molecule has 11 rings (SSSR count). The van der Waals surface area contributed by atoms with Crippen molar-refractivity contribution < 1.29 is 98.6 Å². The van der Waals surface area contributed by atoms with Crippen molar-refractivity contribution in [2.24, 2.45) is 42.3 Å². The van der Waals surface area contributed by atoms with E-state index < -0.39 is 77.8 Å². The van der Waals surface area contributed by atoms with Crippen LogP contribution in [0.5, 0.6) is 0 Å². The Morgan fingerprint density at radius 1 is 0.456 bits per heavy atom. The minimum absolute atomic E-state index is 0. The van der Waals surface area contributed by atoms with Gasteiger partial charge in [0.2, 0.25) is 31.0 Å². The summed E-state index contributed by atoms with van der Waals surface area (Å²) in [5, 5.41) is 53.2. The predicted octanol–water partition coefficient (Wildman–Crippen LogP) is 14.3. The lowest BCUT2D eigenvalue weighted by Gasteiger charge is -2.20. The third-order valence-electron chi connectivity index (χ3n) is 15.1. The van der Waals surface area contributed by atoms with Crippen molar-refractivity contribution in [3.63, 3.8) is 0 Å². The number of aryl methyl sites for hydroxylation is 6. The second-order valence-electron chi connectivity index (χ2n) is 29.0. The van der Waals surface area contributed by atoms with Crippen LogP contribution in [-0.2, 0) is 104 Å². The van der Waals surface area contributed by atoms with Gasteiger partial charge in [-0.2, -0.15) is 35.7 Å². The molecule has 1 atom stereocenters. The Morgan fingerprint density at radius 2 is 0.757 bits per heavy atom. The number of nitrogens with two attached hydrogens (primary N) is 2. The number of halogens is 4. The molecule has 6 amide bonds. The fraction of sp³-hybridized carbons (Fsp3) is 0.228. The third-order valence-corrected chi connectivity index (χ3v) is 16.7. The van der Waals surface area contributed by atoms with Crippen LogP contribution in [0.1, 0.15) is 99.6 Å². The summed E-state index contributed by atoms with van der Waals surface area (Å²) in [6.07, 6.45) is 52.3. The quantitative estimate of drug-likeness (QED) is 0.00440. The second-order valence-corrected chi connectivity index (χ2v) is 31.7. The number of ether oxygens (including phenoxy) is 4. The second kappa shape index (κ2) is 60.7. The number of aromatic amines is 1. The molecule has 0 aliphatic heterocycles. The number of benzene rings is 4. The molecule has 0 aliphatic carbocycles. The number of esters is 2. The van der Waals surface area contributed by atoms with Gasteiger partial charge in [0.1, 0.15) is 40.6 Å². The summed E-state index contributed by atoms with van der Waals surface area (Å²) >= 11 is 0. The maximum atomic E-state index is 13.5. The number of methoxy groups -OCH3 is 2. The Balaban J connectivity index is 0.000000793. The molecule has 0 fully saturated rings. The van der Waals surface area contributed by atoms with Gasteiger partial charge in [-0.1, -0.05) is 7.43 Å². The number of hydrogen-bond donors (Lipinski definition) is 10. The van der Waals surface area contributed by atoms with E-state index in [9.17, 15) is 70.1 Å². The number of nitrogen functional groups attached to an aromatic ring is 2. The molecular weight excluding hydrogens is 1790 g/mol. The molecule has 7 aromatic heterocycles. The summed E-state index contributed by atoms with van der Waals surface area (Å²) in [7, 11) is 11.9. The normalized spacial score (nSPS) is 10.9. The van der Waals surface area contributed by atoms with Crippen molar-refractivity contribution >= 4 is 149 Å². The number of carboxylic acids is 1. The fourth-order valence-corrected chi connectivity index (χ4v) is 9.93. The molecular formula is C92H111F4N22O17P. The summed E-state index contributed by atoms with van der Waals surface area (Å²) in [6, 6.07) is 14.9. The van der Waals surface area contributed by atoms with E-state index in [-0.39, 0.29) is 65.5 Å². The highest BCUT2D eigenvalue weighted by Gasteiger charge is 2.22. The molecule has 0 aliphatic rings. The lowest BCUT2D eigenvalue weighted by molar-refractivity contribution is -0.138. The molecule has 0 radical (unpaired) electrons. The lowest BCUT2D eigenvalue weighted by atomic mass is 10.2. The first-order chi connectivity index (χ1) is 63.6. The van der Waals surface area contributed by atoms with Crippen LogP contribution < -0.4 is 43.4 Å². The van der Waals surface area contributed by atoms with E-state index >= 15 is 0 Å². The zero-order valence-corrected chi connectivity index (χ0v) is 77.8. The molecule has 0 bridgehead atoms. The molecule has 724 valence electrons. The highest BCUT2D eigenvalue weighted by atomic mass is 31.2. The van der Waals surface area contributed by atoms with Gasteiger partial charge in [0, 0.05) is 169 Å². The van der Waals surface area contributed by atoms with Gasteiger partial charge in [-0.3, -0.25) is 77.2 Å². The number of aliphatic carboxylic acids is 1. The van der Waals surface area contributed by atoms with Gasteiger partial charge in [-0.25, -0.2) is 36.7 Å². The monoisotopic (exact) mass is 1900 g/mol. The molecule has 12 N–H and O–H groups in total. The fourth-order valence-electron chi connectivity index (χ4n) is 9.20. The maximum absolute atomic E-state index is 13.5. The third kappa shape index (κ3) is 51.9. The number of hydrogen-bond acceptors (Lipinski definition) is 25. The summed E-state index contributed by atoms with van der Waals surface area (Å²) < 4.78 is 97.3. The van der Waals surface area contributed by atoms with Gasteiger partial charge in [-0.15, -0.1) is 25.2 Å². The molecule has 0 saturated carbocycles. The van der Waals surface area contributed by atoms with E-state index in [1.807, 2.05) is 7.05 Å². The number of nitrogens with one attached hydrogen (secondary N) is 7. The van der Waals surface area contributed by atoms with Crippen LogP contribution in [0.2, 0.25) is 0 Å². The van der Waals surface area contributed by atoms with Crippen LogP contribution in [0, 0.1) is 48.5 Å². The Hall–Kier alpha value is -17.1. The van der Waals surface area contributed by atoms with E-state index in [1.54, 1.807) is 217 Å². The van der Waals surface area contributed by atoms with Crippen molar-refractivity contribution in [3.8, 4) is 25.2 Å². The molecule has 1 unspecified atom stereocenters. The number of carboxylic acid groups (broad SMARTS) is 1. The van der Waals surface area contributed by atoms with Crippen LogP contribution in [0.15, 0.2) is 196 Å². The SMILES string of the molecule is C.C#C.C#CC.COC(=O)/C=C/c1cnn(C)c1.COC(=O)CP(C)(=O)OC.Cn1cc(/C=C/C(=O)Nc2cc(F)ccc2N)cn1.Cn1cc(/C=C/C(=O)Nc2cc(F)ccc2NC(=O)OC(C)(C)C)cn1.Cn1cc(/C=C/C(=O)Nc2ccc(F)cc2N)cn1.Cn1cc(/C=C/C(=O)Nc2ccc(F)cc2NC(=O)OC(C)(C)C)cn1.Cn1cc(/C=C/C(=O)O)cn1.O=Cc1cn[nH]c1. The van der Waals surface area contributed by atoms with Crippen molar-refractivity contribution in [2.45, 2.75) is 67.1 Å². The van der Waals surface area contributed by atoms with Crippen LogP contribution in [0.3, 0.4) is 0 Å². The van der Waals surface area contributed by atoms with Crippen LogP contribution in [0.4, 0.5) is 72.6 Å². The minimum atomic E-state index is -2.72. The number of aromatic nitrogens is 14. The first kappa shape index (κ1) is 117. The lowest BCUT2D eigenvalue weighted by Crippen LogP contribution is -2.27. The van der Waals surface area contributed by atoms with Gasteiger partial charge in [0.25, 0.3) is 0 Å². The highest BCUT2D eigenvalue weighted by Crippen LogP contribution is 2.41. The van der Waals surface area contributed by atoms with E-state index in [1.165, 1.54) is 131 Å². The number of anilines is 8. The number of carbonyl (C=O) groups is 10. The zero-order chi connectivity index (χ0) is 102. The molecule has 0 spiro atoms. The van der Waals surface area contributed by atoms with Gasteiger partial charge < -0.3 is 61.3 Å².